The third-order valence-electron chi connectivity index (χ3n) is 6.20. The van der Waals surface area contributed by atoms with Gasteiger partial charge in [0.15, 0.2) is 5.65 Å². The van der Waals surface area contributed by atoms with Crippen LogP contribution in [0.2, 0.25) is 5.02 Å². The first kappa shape index (κ1) is 20.1. The molecular formula is C22H26ClN7O. The maximum Gasteiger partial charge on any atom is 0.317 e. The van der Waals surface area contributed by atoms with Crippen molar-refractivity contribution in [3.05, 3.63) is 41.8 Å². The van der Waals surface area contributed by atoms with E-state index in [-0.39, 0.29) is 6.03 Å². The summed E-state index contributed by atoms with van der Waals surface area (Å²) in [6.45, 7) is 2.80. The maximum absolute atomic E-state index is 12.7. The number of rotatable bonds is 3. The van der Waals surface area contributed by atoms with Crippen LogP contribution in [0.3, 0.4) is 0 Å². The number of nitrogens with one attached hydrogen (secondary N) is 1. The lowest BCUT2D eigenvalue weighted by molar-refractivity contribution is 0.186. The van der Waals surface area contributed by atoms with Crippen LogP contribution in [0.5, 0.6) is 0 Å². The molecule has 1 saturated heterocycles. The van der Waals surface area contributed by atoms with Crippen molar-refractivity contribution in [3.8, 4) is 5.69 Å². The summed E-state index contributed by atoms with van der Waals surface area (Å²) < 4.78 is 1.78. The van der Waals surface area contributed by atoms with Crippen LogP contribution in [0.1, 0.15) is 32.1 Å². The highest BCUT2D eigenvalue weighted by molar-refractivity contribution is 6.30. The summed E-state index contributed by atoms with van der Waals surface area (Å²) in [7, 11) is 0. The zero-order valence-electron chi connectivity index (χ0n) is 17.4. The van der Waals surface area contributed by atoms with Gasteiger partial charge in [-0.05, 0) is 31.0 Å². The molecule has 162 valence electrons. The number of halogens is 1. The highest BCUT2D eigenvalue weighted by Gasteiger charge is 2.26. The molecule has 31 heavy (non-hydrogen) atoms. The molecule has 5 rings (SSSR count). The predicted molar refractivity (Wildman–Crippen MR) is 121 cm³/mol. The third kappa shape index (κ3) is 4.17. The minimum atomic E-state index is 0.0631. The van der Waals surface area contributed by atoms with Crippen LogP contribution >= 0.6 is 11.6 Å². The second-order valence-corrected chi connectivity index (χ2v) is 8.67. The summed E-state index contributed by atoms with van der Waals surface area (Å²) in [6, 6.07) is 7.93. The van der Waals surface area contributed by atoms with Gasteiger partial charge in [-0.15, -0.1) is 0 Å². The summed E-state index contributed by atoms with van der Waals surface area (Å²) in [6.07, 6.45) is 9.28. The van der Waals surface area contributed by atoms with E-state index >= 15 is 0 Å². The first-order chi connectivity index (χ1) is 15.2. The van der Waals surface area contributed by atoms with E-state index in [4.69, 9.17) is 11.6 Å². The quantitative estimate of drug-likeness (QED) is 0.674. The second kappa shape index (κ2) is 8.70. The maximum atomic E-state index is 12.7. The molecule has 1 aliphatic heterocycles. The van der Waals surface area contributed by atoms with Crippen molar-refractivity contribution >= 4 is 34.5 Å². The van der Waals surface area contributed by atoms with Crippen molar-refractivity contribution in [2.24, 2.45) is 0 Å². The number of anilines is 1. The Hall–Kier alpha value is -2.87. The van der Waals surface area contributed by atoms with Crippen molar-refractivity contribution in [1.82, 2.24) is 30.0 Å². The normalized spacial score (nSPS) is 17.8. The van der Waals surface area contributed by atoms with Crippen LogP contribution < -0.4 is 10.2 Å². The van der Waals surface area contributed by atoms with E-state index in [2.05, 4.69) is 25.3 Å². The zero-order chi connectivity index (χ0) is 21.2. The number of carbonyl (C=O) groups excluding carboxylic acids is 1. The minimum absolute atomic E-state index is 0.0631. The van der Waals surface area contributed by atoms with Gasteiger partial charge in [-0.3, -0.25) is 0 Å². The largest absolute Gasteiger partial charge is 0.352 e. The van der Waals surface area contributed by atoms with Crippen molar-refractivity contribution in [1.29, 1.82) is 0 Å². The molecule has 2 fully saturated rings. The molecule has 2 aliphatic rings. The molecule has 0 spiro atoms. The Kier molecular flexibility index (Phi) is 5.63. The molecule has 1 aromatic carbocycles. The fourth-order valence-electron chi connectivity index (χ4n) is 4.51. The van der Waals surface area contributed by atoms with Gasteiger partial charge >= 0.3 is 6.03 Å². The molecule has 2 amide bonds. The SMILES string of the molecule is O=C(NC1CCCCC1)N1CCN(c2ncnc3c2cnn3-c2cccc(Cl)c2)CC1. The smallest absolute Gasteiger partial charge is 0.317 e. The topological polar surface area (TPSA) is 79.2 Å². The Bertz CT molecular complexity index is 1070. The molecule has 3 heterocycles. The minimum Gasteiger partial charge on any atom is -0.352 e. The Morgan fingerprint density at radius 2 is 1.87 bits per heavy atom. The van der Waals surface area contributed by atoms with Gasteiger partial charge in [-0.1, -0.05) is 36.9 Å². The molecular weight excluding hydrogens is 414 g/mol. The molecule has 0 unspecified atom stereocenters. The van der Waals surface area contributed by atoms with Crippen molar-refractivity contribution in [2.75, 3.05) is 31.1 Å². The molecule has 0 bridgehead atoms. The number of aromatic nitrogens is 4. The van der Waals surface area contributed by atoms with Gasteiger partial charge in [-0.2, -0.15) is 5.10 Å². The van der Waals surface area contributed by atoms with E-state index in [1.807, 2.05) is 29.2 Å². The summed E-state index contributed by atoms with van der Waals surface area (Å²) in [5, 5.41) is 9.28. The Morgan fingerprint density at radius 3 is 2.65 bits per heavy atom. The van der Waals surface area contributed by atoms with Crippen LogP contribution in [0.15, 0.2) is 36.8 Å². The first-order valence-electron chi connectivity index (χ1n) is 10.9. The van der Waals surface area contributed by atoms with Gasteiger partial charge in [-0.25, -0.2) is 19.4 Å². The number of piperazine rings is 1. The first-order valence-corrected chi connectivity index (χ1v) is 11.3. The monoisotopic (exact) mass is 439 g/mol. The molecule has 0 radical (unpaired) electrons. The molecule has 1 aliphatic carbocycles. The summed E-state index contributed by atoms with van der Waals surface area (Å²) >= 11 is 6.15. The number of hydrogen-bond donors (Lipinski definition) is 1. The lowest BCUT2D eigenvalue weighted by atomic mass is 9.96. The molecule has 2 aromatic heterocycles. The zero-order valence-corrected chi connectivity index (χ0v) is 18.1. The number of hydrogen-bond acceptors (Lipinski definition) is 5. The summed E-state index contributed by atoms with van der Waals surface area (Å²) in [4.78, 5) is 25.8. The Morgan fingerprint density at radius 1 is 1.06 bits per heavy atom. The van der Waals surface area contributed by atoms with E-state index in [9.17, 15) is 4.79 Å². The molecule has 3 aromatic rings. The summed E-state index contributed by atoms with van der Waals surface area (Å²) in [5.74, 6) is 0.852. The molecule has 8 nitrogen and oxygen atoms in total. The third-order valence-corrected chi connectivity index (χ3v) is 6.43. The van der Waals surface area contributed by atoms with Gasteiger partial charge < -0.3 is 15.1 Å². The molecule has 0 atom stereocenters. The van der Waals surface area contributed by atoms with Crippen LogP contribution in [0.4, 0.5) is 10.6 Å². The highest BCUT2D eigenvalue weighted by atomic mass is 35.5. The van der Waals surface area contributed by atoms with Gasteiger partial charge in [0.2, 0.25) is 0 Å². The van der Waals surface area contributed by atoms with E-state index < -0.39 is 0 Å². The molecule has 1 saturated carbocycles. The predicted octanol–water partition coefficient (Wildman–Crippen LogP) is 3.63. The Labute approximate surface area is 186 Å². The van der Waals surface area contributed by atoms with Crippen LogP contribution in [0, 0.1) is 0 Å². The van der Waals surface area contributed by atoms with Crippen LogP contribution in [-0.4, -0.2) is 62.9 Å². The van der Waals surface area contributed by atoms with Crippen LogP contribution in [0.25, 0.3) is 16.7 Å². The standard InChI is InChI=1S/C22H26ClN7O/c23-16-5-4-8-18(13-16)30-21-19(14-26-30)20(24-15-25-21)28-9-11-29(12-10-28)22(31)27-17-6-2-1-3-7-17/h4-5,8,13-15,17H,1-3,6-7,9-12H2,(H,27,31). The van der Waals surface area contributed by atoms with Gasteiger partial charge in [0.25, 0.3) is 0 Å². The van der Waals surface area contributed by atoms with E-state index in [1.165, 1.54) is 19.3 Å². The number of fused-ring (bicyclic) bond motifs is 1. The van der Waals surface area contributed by atoms with Gasteiger partial charge in [0.05, 0.1) is 17.3 Å². The lowest BCUT2D eigenvalue weighted by Crippen LogP contribution is -2.53. The van der Waals surface area contributed by atoms with E-state index in [1.54, 1.807) is 17.2 Å². The lowest BCUT2D eigenvalue weighted by Gasteiger charge is -2.36. The number of amides is 2. The van der Waals surface area contributed by atoms with Crippen molar-refractivity contribution in [3.63, 3.8) is 0 Å². The number of nitrogens with zero attached hydrogens (tertiary/aromatic N) is 6. The number of carbonyl (C=O) groups is 1. The summed E-state index contributed by atoms with van der Waals surface area (Å²) in [5.41, 5.74) is 1.60. The van der Waals surface area contributed by atoms with E-state index in [0.29, 0.717) is 24.2 Å². The molecule has 9 heteroatoms. The molecule has 1 N–H and O–H groups in total. The van der Waals surface area contributed by atoms with Crippen LogP contribution in [-0.2, 0) is 0 Å². The average Bonchev–Trinajstić information content (AvgIpc) is 3.24. The van der Waals surface area contributed by atoms with Crippen molar-refractivity contribution in [2.45, 2.75) is 38.1 Å². The van der Waals surface area contributed by atoms with Gasteiger partial charge in [0.1, 0.15) is 12.1 Å². The fourth-order valence-corrected chi connectivity index (χ4v) is 4.70. The fraction of sp³-hybridized carbons (Fsp3) is 0.455. The van der Waals surface area contributed by atoms with Crippen molar-refractivity contribution < 1.29 is 4.79 Å². The highest BCUT2D eigenvalue weighted by Crippen LogP contribution is 2.26. The average molecular weight is 440 g/mol. The van der Waals surface area contributed by atoms with Gasteiger partial charge in [0, 0.05) is 37.2 Å². The second-order valence-electron chi connectivity index (χ2n) is 8.23. The number of urea groups is 1. The van der Waals surface area contributed by atoms with E-state index in [0.717, 1.165) is 48.5 Å². The Balaban J connectivity index is 1.29. The number of benzene rings is 1.